The monoisotopic (exact) mass is 342 g/mol. The van der Waals surface area contributed by atoms with Gasteiger partial charge in [-0.1, -0.05) is 30.3 Å². The highest BCUT2D eigenvalue weighted by Gasteiger charge is 2.10. The first-order chi connectivity index (χ1) is 11.4. The lowest BCUT2D eigenvalue weighted by molar-refractivity contribution is 0.495. The molecule has 0 fully saturated rings. The number of rotatable bonds is 4. The van der Waals surface area contributed by atoms with E-state index in [9.17, 15) is 13.2 Å². The van der Waals surface area contributed by atoms with Gasteiger partial charge in [0.05, 0.1) is 5.41 Å². The molecule has 0 atom stereocenters. The van der Waals surface area contributed by atoms with E-state index < -0.39 is 15.7 Å². The third-order valence-electron chi connectivity index (χ3n) is 3.36. The summed E-state index contributed by atoms with van der Waals surface area (Å²) in [6.07, 6.45) is 1.45. The van der Waals surface area contributed by atoms with Crippen molar-refractivity contribution in [3.63, 3.8) is 0 Å². The maximum Gasteiger partial charge on any atom is 0.336 e. The van der Waals surface area contributed by atoms with E-state index in [-0.39, 0.29) is 11.3 Å². The van der Waals surface area contributed by atoms with Crippen molar-refractivity contribution in [1.82, 2.24) is 0 Å². The van der Waals surface area contributed by atoms with Crippen molar-refractivity contribution in [2.75, 3.05) is 0 Å². The van der Waals surface area contributed by atoms with E-state index in [2.05, 4.69) is 0 Å². The average Bonchev–Trinajstić information content (AvgIpc) is 2.53. The van der Waals surface area contributed by atoms with Crippen LogP contribution in [0.4, 0.5) is 0 Å². The molecule has 3 aromatic rings. The highest BCUT2D eigenvalue weighted by molar-refractivity contribution is 7.90. The van der Waals surface area contributed by atoms with Crippen molar-refractivity contribution in [3.8, 4) is 5.75 Å². The zero-order valence-corrected chi connectivity index (χ0v) is 13.6. The van der Waals surface area contributed by atoms with Crippen molar-refractivity contribution in [2.24, 2.45) is 0 Å². The van der Waals surface area contributed by atoms with Crippen LogP contribution in [-0.2, 0) is 10.1 Å². The molecule has 24 heavy (non-hydrogen) atoms. The summed E-state index contributed by atoms with van der Waals surface area (Å²) in [4.78, 5) is 11.4. The molecule has 0 N–H and O–H groups in total. The van der Waals surface area contributed by atoms with Gasteiger partial charge < -0.3 is 8.60 Å². The van der Waals surface area contributed by atoms with Crippen molar-refractivity contribution in [3.05, 3.63) is 81.6 Å². The van der Waals surface area contributed by atoms with E-state index in [0.29, 0.717) is 0 Å². The van der Waals surface area contributed by atoms with Crippen LogP contribution < -0.4 is 9.81 Å². The first-order valence-electron chi connectivity index (χ1n) is 7.15. The Morgan fingerprint density at radius 2 is 1.79 bits per heavy atom. The lowest BCUT2D eigenvalue weighted by Crippen LogP contribution is -2.05. The van der Waals surface area contributed by atoms with E-state index in [0.717, 1.165) is 21.9 Å². The molecule has 0 spiro atoms. The van der Waals surface area contributed by atoms with Crippen LogP contribution in [0.5, 0.6) is 5.75 Å². The van der Waals surface area contributed by atoms with Crippen LogP contribution in [-0.4, -0.2) is 8.42 Å². The fourth-order valence-electron chi connectivity index (χ4n) is 2.25. The molecular weight excluding hydrogens is 328 g/mol. The topological polar surface area (TPSA) is 73.6 Å². The second-order valence-electron chi connectivity index (χ2n) is 5.20. The molecular formula is C18H14O5S. The second kappa shape index (κ2) is 6.33. The smallest absolute Gasteiger partial charge is 0.336 e. The van der Waals surface area contributed by atoms with Crippen LogP contribution in [0.1, 0.15) is 11.1 Å². The van der Waals surface area contributed by atoms with E-state index in [4.69, 9.17) is 8.60 Å². The first kappa shape index (κ1) is 16.0. The van der Waals surface area contributed by atoms with Gasteiger partial charge in [-0.05, 0) is 36.3 Å². The van der Waals surface area contributed by atoms with Gasteiger partial charge in [-0.2, -0.15) is 8.42 Å². The minimum Gasteiger partial charge on any atom is -0.423 e. The molecule has 0 bridgehead atoms. The molecule has 0 amide bonds. The molecule has 0 aliphatic heterocycles. The van der Waals surface area contributed by atoms with Gasteiger partial charge in [-0.15, -0.1) is 0 Å². The Kier molecular flexibility index (Phi) is 4.22. The van der Waals surface area contributed by atoms with Crippen LogP contribution in [0.3, 0.4) is 0 Å². The molecule has 0 saturated carbocycles. The lowest BCUT2D eigenvalue weighted by Gasteiger charge is -2.05. The summed E-state index contributed by atoms with van der Waals surface area (Å²) in [6, 6.07) is 14.9. The van der Waals surface area contributed by atoms with Crippen molar-refractivity contribution >= 4 is 27.2 Å². The first-order valence-corrected chi connectivity index (χ1v) is 8.62. The lowest BCUT2D eigenvalue weighted by atomic mass is 10.1. The molecule has 2 aromatic carbocycles. The minimum atomic E-state index is -3.92. The van der Waals surface area contributed by atoms with Crippen LogP contribution in [0.15, 0.2) is 69.2 Å². The SMILES string of the molecule is Cc1cc(=O)oc2cc(OS(=O)(=O)C=Cc3ccccc3)ccc12. The van der Waals surface area contributed by atoms with Crippen LogP contribution >= 0.6 is 0 Å². The van der Waals surface area contributed by atoms with Crippen LogP contribution in [0.2, 0.25) is 0 Å². The molecule has 1 heterocycles. The minimum absolute atomic E-state index is 0.0777. The van der Waals surface area contributed by atoms with E-state index >= 15 is 0 Å². The number of benzene rings is 2. The molecule has 1 aromatic heterocycles. The second-order valence-corrected chi connectivity index (χ2v) is 6.62. The Hall–Kier alpha value is -2.86. The summed E-state index contributed by atoms with van der Waals surface area (Å²) in [5, 5.41) is 1.71. The van der Waals surface area contributed by atoms with Gasteiger partial charge in [-0.25, -0.2) is 4.79 Å². The van der Waals surface area contributed by atoms with Crippen molar-refractivity contribution < 1.29 is 17.0 Å². The highest BCUT2D eigenvalue weighted by Crippen LogP contribution is 2.23. The Morgan fingerprint density at radius 1 is 1.04 bits per heavy atom. The van der Waals surface area contributed by atoms with Crippen molar-refractivity contribution in [1.29, 1.82) is 0 Å². The van der Waals surface area contributed by atoms with Gasteiger partial charge in [0, 0.05) is 17.5 Å². The van der Waals surface area contributed by atoms with Gasteiger partial charge in [0.1, 0.15) is 11.3 Å². The Morgan fingerprint density at radius 3 is 2.54 bits per heavy atom. The maximum absolute atomic E-state index is 12.0. The van der Waals surface area contributed by atoms with E-state index in [1.54, 1.807) is 37.3 Å². The van der Waals surface area contributed by atoms with Crippen LogP contribution in [0.25, 0.3) is 17.0 Å². The Balaban J connectivity index is 1.88. The normalized spacial score (nSPS) is 11.9. The number of fused-ring (bicyclic) bond motifs is 1. The summed E-state index contributed by atoms with van der Waals surface area (Å²) in [5.41, 5.74) is 1.27. The predicted octanol–water partition coefficient (Wildman–Crippen LogP) is 3.48. The number of hydrogen-bond acceptors (Lipinski definition) is 5. The van der Waals surface area contributed by atoms with Crippen LogP contribution in [0, 0.1) is 6.92 Å². The average molecular weight is 342 g/mol. The van der Waals surface area contributed by atoms with Gasteiger partial charge in [-0.3, -0.25) is 0 Å². The van der Waals surface area contributed by atoms with Gasteiger partial charge in [0.15, 0.2) is 0 Å². The fraction of sp³-hybridized carbons (Fsp3) is 0.0556. The molecule has 0 aliphatic rings. The summed E-state index contributed by atoms with van der Waals surface area (Å²) in [6.45, 7) is 1.78. The summed E-state index contributed by atoms with van der Waals surface area (Å²) < 4.78 is 34.2. The third kappa shape index (κ3) is 3.72. The number of aryl methyl sites for hydroxylation is 1. The van der Waals surface area contributed by atoms with E-state index in [1.165, 1.54) is 24.3 Å². The molecule has 5 nitrogen and oxygen atoms in total. The Bertz CT molecular complexity index is 1060. The molecule has 122 valence electrons. The fourth-order valence-corrected chi connectivity index (χ4v) is 3.00. The summed E-state index contributed by atoms with van der Waals surface area (Å²) >= 11 is 0. The van der Waals surface area contributed by atoms with Crippen molar-refractivity contribution in [2.45, 2.75) is 6.92 Å². The zero-order chi connectivity index (χ0) is 17.2. The van der Waals surface area contributed by atoms with Gasteiger partial charge in [0.2, 0.25) is 0 Å². The summed E-state index contributed by atoms with van der Waals surface area (Å²) in [7, 11) is -3.92. The molecule has 6 heteroatoms. The molecule has 0 saturated heterocycles. The quantitative estimate of drug-likeness (QED) is 0.536. The Labute approximate surface area is 138 Å². The van der Waals surface area contributed by atoms with Gasteiger partial charge >= 0.3 is 15.7 Å². The predicted molar refractivity (Wildman–Crippen MR) is 92.2 cm³/mol. The molecule has 0 radical (unpaired) electrons. The standard InChI is InChI=1S/C18H14O5S/c1-13-11-18(19)22-17-12-15(7-8-16(13)17)23-24(20,21)10-9-14-5-3-2-4-6-14/h2-12H,1H3. The zero-order valence-electron chi connectivity index (χ0n) is 12.8. The summed E-state index contributed by atoms with van der Waals surface area (Å²) in [5.74, 6) is 0.0777. The largest absolute Gasteiger partial charge is 0.423 e. The highest BCUT2D eigenvalue weighted by atomic mass is 32.2. The molecule has 3 rings (SSSR count). The number of hydrogen-bond donors (Lipinski definition) is 0. The maximum atomic E-state index is 12.0. The molecule has 0 aliphatic carbocycles. The molecule has 0 unspecified atom stereocenters. The van der Waals surface area contributed by atoms with Gasteiger partial charge in [0.25, 0.3) is 0 Å². The van der Waals surface area contributed by atoms with E-state index in [1.807, 2.05) is 6.07 Å². The third-order valence-corrected chi connectivity index (χ3v) is 4.26.